The summed E-state index contributed by atoms with van der Waals surface area (Å²) in [6.45, 7) is 0.652. The van der Waals surface area contributed by atoms with Gasteiger partial charge in [-0.3, -0.25) is 4.98 Å². The van der Waals surface area contributed by atoms with E-state index in [-0.39, 0.29) is 6.61 Å². The quantitative estimate of drug-likeness (QED) is 0.875. The van der Waals surface area contributed by atoms with Crippen molar-refractivity contribution in [2.45, 2.75) is 13.2 Å². The van der Waals surface area contributed by atoms with E-state index >= 15 is 0 Å². The molecule has 1 aromatic carbocycles. The normalized spacial score (nSPS) is 10.2. The van der Waals surface area contributed by atoms with Gasteiger partial charge in [-0.2, -0.15) is 0 Å². The van der Waals surface area contributed by atoms with Gasteiger partial charge in [0.2, 0.25) is 0 Å². The van der Waals surface area contributed by atoms with Crippen LogP contribution >= 0.6 is 11.6 Å². The Hall–Kier alpha value is -1.58. The molecule has 0 spiro atoms. The molecule has 2 N–H and O–H groups in total. The number of pyridine rings is 1. The van der Waals surface area contributed by atoms with E-state index in [1.54, 1.807) is 18.5 Å². The number of aromatic nitrogens is 1. The van der Waals surface area contributed by atoms with Crippen molar-refractivity contribution < 1.29 is 5.11 Å². The number of aliphatic hydroxyl groups is 1. The van der Waals surface area contributed by atoms with E-state index in [1.165, 1.54) is 0 Å². The van der Waals surface area contributed by atoms with Crippen molar-refractivity contribution in [1.29, 1.82) is 0 Å². The number of benzene rings is 1. The van der Waals surface area contributed by atoms with Gasteiger partial charge in [0.25, 0.3) is 0 Å². The maximum Gasteiger partial charge on any atom is 0.0703 e. The number of nitrogens with zero attached hydrogens (tertiary/aromatic N) is 1. The predicted octanol–water partition coefficient (Wildman–Crippen LogP) is 2.84. The van der Waals surface area contributed by atoms with Crippen molar-refractivity contribution in [2.24, 2.45) is 0 Å². The molecular formula is C13H13ClN2O. The lowest BCUT2D eigenvalue weighted by Crippen LogP contribution is -2.02. The number of aliphatic hydroxyl groups excluding tert-OH is 1. The lowest BCUT2D eigenvalue weighted by atomic mass is 10.2. The van der Waals surface area contributed by atoms with Crippen molar-refractivity contribution in [3.8, 4) is 0 Å². The van der Waals surface area contributed by atoms with Gasteiger partial charge in [0, 0.05) is 23.3 Å². The van der Waals surface area contributed by atoms with E-state index in [9.17, 15) is 5.11 Å². The minimum Gasteiger partial charge on any atom is -0.392 e. The second-order valence-corrected chi connectivity index (χ2v) is 4.11. The summed E-state index contributed by atoms with van der Waals surface area (Å²) in [5, 5.41) is 13.1. The Morgan fingerprint density at radius 1 is 1.29 bits per heavy atom. The van der Waals surface area contributed by atoms with Gasteiger partial charge in [-0.1, -0.05) is 23.7 Å². The molecule has 2 rings (SSSR count). The molecule has 0 aliphatic heterocycles. The Kier molecular flexibility index (Phi) is 3.96. The highest BCUT2D eigenvalue weighted by Gasteiger charge is 2.00. The fraction of sp³-hybridized carbons (Fsp3) is 0.154. The molecule has 0 amide bonds. The molecule has 0 unspecified atom stereocenters. The van der Waals surface area contributed by atoms with Crippen molar-refractivity contribution in [3.63, 3.8) is 0 Å². The minimum absolute atomic E-state index is 0.000396. The van der Waals surface area contributed by atoms with E-state index in [1.807, 2.05) is 24.3 Å². The molecular weight excluding hydrogens is 236 g/mol. The zero-order valence-corrected chi connectivity index (χ0v) is 9.98. The average molecular weight is 249 g/mol. The van der Waals surface area contributed by atoms with Crippen molar-refractivity contribution >= 4 is 17.3 Å². The molecule has 0 aliphatic rings. The fourth-order valence-corrected chi connectivity index (χ4v) is 1.78. The van der Waals surface area contributed by atoms with Gasteiger partial charge in [-0.05, 0) is 23.8 Å². The third-order valence-corrected chi connectivity index (χ3v) is 2.69. The SMILES string of the molecule is OCc1ccncc1NCc1cccc(Cl)c1. The van der Waals surface area contributed by atoms with E-state index in [4.69, 9.17) is 11.6 Å². The summed E-state index contributed by atoms with van der Waals surface area (Å²) in [7, 11) is 0. The number of halogens is 1. The first kappa shape index (κ1) is 11.9. The second-order valence-electron chi connectivity index (χ2n) is 3.67. The minimum atomic E-state index is 0.000396. The van der Waals surface area contributed by atoms with E-state index in [0.29, 0.717) is 6.54 Å². The Labute approximate surface area is 105 Å². The molecule has 1 heterocycles. The van der Waals surface area contributed by atoms with Crippen LogP contribution in [0.4, 0.5) is 5.69 Å². The highest BCUT2D eigenvalue weighted by Crippen LogP contribution is 2.16. The Balaban J connectivity index is 2.07. The molecule has 3 nitrogen and oxygen atoms in total. The van der Waals surface area contributed by atoms with Crippen LogP contribution in [-0.4, -0.2) is 10.1 Å². The molecule has 0 fully saturated rings. The zero-order valence-electron chi connectivity index (χ0n) is 9.23. The molecule has 0 bridgehead atoms. The van der Waals surface area contributed by atoms with Crippen LogP contribution in [0.5, 0.6) is 0 Å². The summed E-state index contributed by atoms with van der Waals surface area (Å²) < 4.78 is 0. The number of hydrogen-bond donors (Lipinski definition) is 2. The van der Waals surface area contributed by atoms with Gasteiger partial charge < -0.3 is 10.4 Å². The van der Waals surface area contributed by atoms with Crippen LogP contribution in [0.25, 0.3) is 0 Å². The monoisotopic (exact) mass is 248 g/mol. The molecule has 4 heteroatoms. The summed E-state index contributed by atoms with van der Waals surface area (Å²) in [4.78, 5) is 4.02. The smallest absolute Gasteiger partial charge is 0.0703 e. The molecule has 1 aromatic heterocycles. The third kappa shape index (κ3) is 3.19. The Morgan fingerprint density at radius 2 is 2.18 bits per heavy atom. The number of rotatable bonds is 4. The second kappa shape index (κ2) is 5.66. The van der Waals surface area contributed by atoms with Gasteiger partial charge in [-0.25, -0.2) is 0 Å². The van der Waals surface area contributed by atoms with Crippen molar-refractivity contribution in [3.05, 3.63) is 58.9 Å². The van der Waals surface area contributed by atoms with Gasteiger partial charge in [-0.15, -0.1) is 0 Å². The lowest BCUT2D eigenvalue weighted by molar-refractivity contribution is 0.282. The number of hydrogen-bond acceptors (Lipinski definition) is 3. The van der Waals surface area contributed by atoms with Gasteiger partial charge in [0.05, 0.1) is 18.5 Å². The Bertz CT molecular complexity index is 502. The summed E-state index contributed by atoms with van der Waals surface area (Å²) in [5.41, 5.74) is 2.77. The van der Waals surface area contributed by atoms with Crippen molar-refractivity contribution in [1.82, 2.24) is 4.98 Å². The summed E-state index contributed by atoms with van der Waals surface area (Å²) >= 11 is 5.91. The zero-order chi connectivity index (χ0) is 12.1. The molecule has 0 aliphatic carbocycles. The van der Waals surface area contributed by atoms with Crippen LogP contribution in [0.3, 0.4) is 0 Å². The topological polar surface area (TPSA) is 45.2 Å². The van der Waals surface area contributed by atoms with Gasteiger partial charge >= 0.3 is 0 Å². The van der Waals surface area contributed by atoms with Crippen LogP contribution < -0.4 is 5.32 Å². The standard InChI is InChI=1S/C13H13ClN2O/c14-12-3-1-2-10(6-12)7-16-13-8-15-5-4-11(13)9-17/h1-6,8,16-17H,7,9H2. The van der Waals surface area contributed by atoms with Gasteiger partial charge in [0.1, 0.15) is 0 Å². The van der Waals surface area contributed by atoms with Crippen LogP contribution in [0, 0.1) is 0 Å². The molecule has 17 heavy (non-hydrogen) atoms. The number of nitrogens with one attached hydrogen (secondary N) is 1. The summed E-state index contributed by atoms with van der Waals surface area (Å²) in [6, 6.07) is 9.45. The largest absolute Gasteiger partial charge is 0.392 e. The highest BCUT2D eigenvalue weighted by molar-refractivity contribution is 6.30. The van der Waals surface area contributed by atoms with Crippen molar-refractivity contribution in [2.75, 3.05) is 5.32 Å². The molecule has 0 saturated carbocycles. The van der Waals surface area contributed by atoms with E-state index < -0.39 is 0 Å². The number of anilines is 1. The maximum absolute atomic E-state index is 9.17. The Morgan fingerprint density at radius 3 is 2.94 bits per heavy atom. The maximum atomic E-state index is 9.17. The molecule has 0 saturated heterocycles. The molecule has 0 radical (unpaired) electrons. The van der Waals surface area contributed by atoms with Crippen LogP contribution in [0.1, 0.15) is 11.1 Å². The third-order valence-electron chi connectivity index (χ3n) is 2.45. The van der Waals surface area contributed by atoms with E-state index in [0.717, 1.165) is 21.8 Å². The molecule has 0 atom stereocenters. The first-order chi connectivity index (χ1) is 8.29. The molecule has 2 aromatic rings. The predicted molar refractivity (Wildman–Crippen MR) is 68.9 cm³/mol. The van der Waals surface area contributed by atoms with Crippen LogP contribution in [0.2, 0.25) is 5.02 Å². The van der Waals surface area contributed by atoms with Crippen LogP contribution in [-0.2, 0) is 13.2 Å². The fourth-order valence-electron chi connectivity index (χ4n) is 1.56. The first-order valence-electron chi connectivity index (χ1n) is 5.31. The summed E-state index contributed by atoms with van der Waals surface area (Å²) in [5.74, 6) is 0. The summed E-state index contributed by atoms with van der Waals surface area (Å²) in [6.07, 6.45) is 3.37. The van der Waals surface area contributed by atoms with E-state index in [2.05, 4.69) is 10.3 Å². The average Bonchev–Trinajstić information content (AvgIpc) is 2.37. The lowest BCUT2D eigenvalue weighted by Gasteiger charge is -2.09. The van der Waals surface area contributed by atoms with Gasteiger partial charge in [0.15, 0.2) is 0 Å². The molecule has 88 valence electrons. The van der Waals surface area contributed by atoms with Crippen LogP contribution in [0.15, 0.2) is 42.7 Å². The highest BCUT2D eigenvalue weighted by atomic mass is 35.5. The first-order valence-corrected chi connectivity index (χ1v) is 5.69.